The van der Waals surface area contributed by atoms with Gasteiger partial charge in [-0.05, 0) is 31.9 Å². The predicted molar refractivity (Wildman–Crippen MR) is 88.8 cm³/mol. The maximum absolute atomic E-state index is 12.9. The molecule has 0 aromatic heterocycles. The van der Waals surface area contributed by atoms with Crippen LogP contribution in [-0.4, -0.2) is 37.3 Å². The number of benzene rings is 1. The number of ether oxygens (including phenoxy) is 2. The van der Waals surface area contributed by atoms with Gasteiger partial charge in [-0.3, -0.25) is 4.79 Å². The number of carbonyl (C=O) groups excluding carboxylic acids is 1. The summed E-state index contributed by atoms with van der Waals surface area (Å²) in [5.74, 6) is -0.606. The molecule has 9 heteroatoms. The van der Waals surface area contributed by atoms with Gasteiger partial charge < -0.3 is 20.5 Å². The van der Waals surface area contributed by atoms with Crippen LogP contribution in [0.15, 0.2) is 24.3 Å². The standard InChI is InChI=1S/C16H21F3N2O3.ClH/c1-11(21-14(22)15(20)6-8-23-9-7-15)10-24-13-5-3-2-4-12(13)16(17,18)19;/h2-5,11H,6-10,20H2,1H3,(H,21,22);1H. The maximum Gasteiger partial charge on any atom is 0.419 e. The van der Waals surface area contributed by atoms with Crippen molar-refractivity contribution < 1.29 is 27.4 Å². The molecule has 1 aliphatic heterocycles. The number of alkyl halides is 3. The number of rotatable bonds is 5. The Morgan fingerprint density at radius 2 is 1.96 bits per heavy atom. The lowest BCUT2D eigenvalue weighted by atomic mass is 9.90. The van der Waals surface area contributed by atoms with E-state index in [1.54, 1.807) is 6.92 Å². The molecule has 1 fully saturated rings. The highest BCUT2D eigenvalue weighted by Crippen LogP contribution is 2.35. The van der Waals surface area contributed by atoms with Gasteiger partial charge in [0.15, 0.2) is 0 Å². The smallest absolute Gasteiger partial charge is 0.419 e. The van der Waals surface area contributed by atoms with Crippen molar-refractivity contribution in [1.29, 1.82) is 0 Å². The predicted octanol–water partition coefficient (Wildman–Crippen LogP) is 2.52. The minimum absolute atomic E-state index is 0. The third-order valence-electron chi connectivity index (χ3n) is 3.90. The van der Waals surface area contributed by atoms with Gasteiger partial charge in [-0.25, -0.2) is 0 Å². The summed E-state index contributed by atoms with van der Waals surface area (Å²) in [6.07, 6.45) is -3.68. The number of amides is 1. The molecule has 0 saturated carbocycles. The minimum atomic E-state index is -4.49. The number of hydrogen-bond acceptors (Lipinski definition) is 4. The SMILES string of the molecule is CC(COc1ccccc1C(F)(F)F)NC(=O)C1(N)CCOCC1.Cl. The molecule has 0 bridgehead atoms. The van der Waals surface area contributed by atoms with Crippen molar-refractivity contribution in [2.75, 3.05) is 19.8 Å². The molecule has 5 nitrogen and oxygen atoms in total. The number of halogens is 4. The molecule has 1 unspecified atom stereocenters. The summed E-state index contributed by atoms with van der Waals surface area (Å²) in [4.78, 5) is 12.2. The van der Waals surface area contributed by atoms with E-state index in [9.17, 15) is 18.0 Å². The summed E-state index contributed by atoms with van der Waals surface area (Å²) >= 11 is 0. The third kappa shape index (κ3) is 5.76. The van der Waals surface area contributed by atoms with Gasteiger partial charge in [-0.2, -0.15) is 13.2 Å². The average Bonchev–Trinajstić information content (AvgIpc) is 2.53. The van der Waals surface area contributed by atoms with E-state index in [2.05, 4.69) is 5.32 Å². The second kappa shape index (κ2) is 8.73. The van der Waals surface area contributed by atoms with Crippen LogP contribution in [0.2, 0.25) is 0 Å². The van der Waals surface area contributed by atoms with Gasteiger partial charge in [0.1, 0.15) is 12.4 Å². The normalized spacial score (nSPS) is 18.0. The monoisotopic (exact) mass is 382 g/mol. The second-order valence-electron chi connectivity index (χ2n) is 5.95. The summed E-state index contributed by atoms with van der Waals surface area (Å²) in [6.45, 7) is 2.38. The zero-order chi connectivity index (χ0) is 17.8. The highest BCUT2D eigenvalue weighted by Gasteiger charge is 2.37. The van der Waals surface area contributed by atoms with E-state index < -0.39 is 23.3 Å². The van der Waals surface area contributed by atoms with E-state index in [0.29, 0.717) is 26.1 Å². The van der Waals surface area contributed by atoms with Crippen LogP contribution < -0.4 is 15.8 Å². The zero-order valence-corrected chi connectivity index (χ0v) is 14.6. The van der Waals surface area contributed by atoms with Crippen LogP contribution in [0.5, 0.6) is 5.75 Å². The quantitative estimate of drug-likeness (QED) is 0.820. The van der Waals surface area contributed by atoms with Gasteiger partial charge in [0, 0.05) is 13.2 Å². The summed E-state index contributed by atoms with van der Waals surface area (Å²) in [7, 11) is 0. The minimum Gasteiger partial charge on any atom is -0.491 e. The molecule has 1 aromatic rings. The van der Waals surface area contributed by atoms with Gasteiger partial charge in [0.2, 0.25) is 5.91 Å². The van der Waals surface area contributed by atoms with Gasteiger partial charge >= 0.3 is 6.18 Å². The molecule has 1 aliphatic rings. The van der Waals surface area contributed by atoms with Gasteiger partial charge in [0.05, 0.1) is 17.1 Å². The molecule has 1 amide bonds. The topological polar surface area (TPSA) is 73.6 Å². The van der Waals surface area contributed by atoms with E-state index in [1.807, 2.05) is 0 Å². The molecular weight excluding hydrogens is 361 g/mol. The average molecular weight is 383 g/mol. The Kier molecular flexibility index (Phi) is 7.52. The van der Waals surface area contributed by atoms with Gasteiger partial charge in [0.25, 0.3) is 0 Å². The Labute approximate surface area is 150 Å². The van der Waals surface area contributed by atoms with Crippen LogP contribution in [0.3, 0.4) is 0 Å². The fourth-order valence-corrected chi connectivity index (χ4v) is 2.41. The largest absolute Gasteiger partial charge is 0.491 e. The van der Waals surface area contributed by atoms with Crippen LogP contribution in [-0.2, 0) is 15.7 Å². The van der Waals surface area contributed by atoms with E-state index in [1.165, 1.54) is 18.2 Å². The van der Waals surface area contributed by atoms with Crippen LogP contribution in [0.1, 0.15) is 25.3 Å². The molecule has 0 spiro atoms. The Hall–Kier alpha value is -1.51. The fraction of sp³-hybridized carbons (Fsp3) is 0.562. The molecule has 25 heavy (non-hydrogen) atoms. The molecule has 142 valence electrons. The van der Waals surface area contributed by atoms with Crippen LogP contribution in [0.4, 0.5) is 13.2 Å². The summed E-state index contributed by atoms with van der Waals surface area (Å²) in [5, 5.41) is 2.69. The summed E-state index contributed by atoms with van der Waals surface area (Å²) in [6, 6.07) is 4.48. The van der Waals surface area contributed by atoms with Crippen LogP contribution in [0, 0.1) is 0 Å². The number of nitrogens with two attached hydrogens (primary N) is 1. The molecule has 2 rings (SSSR count). The van der Waals surface area contributed by atoms with Gasteiger partial charge in [-0.15, -0.1) is 12.4 Å². The zero-order valence-electron chi connectivity index (χ0n) is 13.8. The Balaban J connectivity index is 0.00000312. The first-order chi connectivity index (χ1) is 11.2. The molecule has 3 N–H and O–H groups in total. The lowest BCUT2D eigenvalue weighted by molar-refractivity contribution is -0.139. The first kappa shape index (κ1) is 21.5. The molecule has 1 aromatic carbocycles. The van der Waals surface area contributed by atoms with E-state index in [-0.39, 0.29) is 30.7 Å². The molecule has 0 radical (unpaired) electrons. The Morgan fingerprint density at radius 1 is 1.36 bits per heavy atom. The Morgan fingerprint density at radius 3 is 2.56 bits per heavy atom. The molecule has 1 heterocycles. The third-order valence-corrected chi connectivity index (χ3v) is 3.90. The number of para-hydroxylation sites is 1. The molecular formula is C16H22ClF3N2O3. The number of hydrogen-bond donors (Lipinski definition) is 2. The first-order valence-electron chi connectivity index (χ1n) is 7.69. The lowest BCUT2D eigenvalue weighted by Gasteiger charge is -2.33. The fourth-order valence-electron chi connectivity index (χ4n) is 2.41. The highest BCUT2D eigenvalue weighted by atomic mass is 35.5. The van der Waals surface area contributed by atoms with Gasteiger partial charge in [-0.1, -0.05) is 12.1 Å². The van der Waals surface area contributed by atoms with E-state index >= 15 is 0 Å². The second-order valence-corrected chi connectivity index (χ2v) is 5.95. The van der Waals surface area contributed by atoms with Crippen molar-refractivity contribution in [1.82, 2.24) is 5.32 Å². The van der Waals surface area contributed by atoms with Crippen molar-refractivity contribution in [2.24, 2.45) is 5.73 Å². The molecule has 1 saturated heterocycles. The number of nitrogens with one attached hydrogen (secondary N) is 1. The number of carbonyl (C=O) groups is 1. The van der Waals surface area contributed by atoms with Crippen molar-refractivity contribution in [2.45, 2.75) is 37.5 Å². The van der Waals surface area contributed by atoms with Crippen LogP contribution in [0.25, 0.3) is 0 Å². The van der Waals surface area contributed by atoms with Crippen molar-refractivity contribution >= 4 is 18.3 Å². The maximum atomic E-state index is 12.9. The lowest BCUT2D eigenvalue weighted by Crippen LogP contribution is -2.58. The first-order valence-corrected chi connectivity index (χ1v) is 7.69. The van der Waals surface area contributed by atoms with Crippen molar-refractivity contribution in [3.63, 3.8) is 0 Å². The van der Waals surface area contributed by atoms with Crippen molar-refractivity contribution in [3.8, 4) is 5.75 Å². The summed E-state index contributed by atoms with van der Waals surface area (Å²) in [5.41, 5.74) is 4.21. The van der Waals surface area contributed by atoms with E-state index in [4.69, 9.17) is 15.2 Å². The molecule has 1 atom stereocenters. The molecule has 0 aliphatic carbocycles. The van der Waals surface area contributed by atoms with E-state index in [0.717, 1.165) is 6.07 Å². The highest BCUT2D eigenvalue weighted by molar-refractivity contribution is 5.86. The van der Waals surface area contributed by atoms with Crippen LogP contribution >= 0.6 is 12.4 Å². The van der Waals surface area contributed by atoms with Crippen molar-refractivity contribution in [3.05, 3.63) is 29.8 Å². The summed E-state index contributed by atoms with van der Waals surface area (Å²) < 4.78 is 49.1. The Bertz CT molecular complexity index is 578.